The molecule has 1 aromatic heterocycles. The van der Waals surface area contributed by atoms with Gasteiger partial charge in [-0.1, -0.05) is 59.9 Å². The molecule has 2 aromatic carbocycles. The van der Waals surface area contributed by atoms with Crippen molar-refractivity contribution in [1.29, 1.82) is 0 Å². The van der Waals surface area contributed by atoms with Crippen LogP contribution in [0, 0.1) is 6.92 Å². The van der Waals surface area contributed by atoms with Gasteiger partial charge in [-0.05, 0) is 18.6 Å². The van der Waals surface area contributed by atoms with Gasteiger partial charge in [0.2, 0.25) is 5.91 Å². The molecule has 0 atom stereocenters. The van der Waals surface area contributed by atoms with Gasteiger partial charge in [0.25, 0.3) is 0 Å². The third-order valence-corrected chi connectivity index (χ3v) is 4.71. The number of carbonyl (C=O) groups excluding carboxylic acids is 1. The van der Waals surface area contributed by atoms with E-state index < -0.39 is 0 Å². The molecule has 3 aromatic rings. The molecular weight excluding hydrogens is 320 g/mol. The van der Waals surface area contributed by atoms with Crippen LogP contribution >= 0.6 is 11.3 Å². The number of para-hydroxylation sites is 1. The third kappa shape index (κ3) is 3.63. The largest absolute Gasteiger partial charge is 0.325 e. The summed E-state index contributed by atoms with van der Waals surface area (Å²) in [4.78, 5) is 24.0. The molecule has 122 valence electrons. The van der Waals surface area contributed by atoms with Crippen molar-refractivity contribution in [1.82, 2.24) is 4.57 Å². The molecule has 1 N–H and O–H groups in total. The first kappa shape index (κ1) is 16.2. The average Bonchev–Trinajstić information content (AvgIpc) is 2.92. The molecule has 0 spiro atoms. The van der Waals surface area contributed by atoms with Gasteiger partial charge < -0.3 is 9.88 Å². The number of carbonyl (C=O) groups is 1. The van der Waals surface area contributed by atoms with Gasteiger partial charge >= 0.3 is 4.87 Å². The zero-order chi connectivity index (χ0) is 16.9. The van der Waals surface area contributed by atoms with Crippen LogP contribution in [0.5, 0.6) is 0 Å². The fourth-order valence-corrected chi connectivity index (χ4v) is 3.32. The minimum Gasteiger partial charge on any atom is -0.325 e. The zero-order valence-corrected chi connectivity index (χ0v) is 14.2. The van der Waals surface area contributed by atoms with Crippen molar-refractivity contribution in [3.63, 3.8) is 0 Å². The van der Waals surface area contributed by atoms with Gasteiger partial charge in [-0.3, -0.25) is 9.59 Å². The summed E-state index contributed by atoms with van der Waals surface area (Å²) >= 11 is 1.16. The van der Waals surface area contributed by atoms with Gasteiger partial charge in [-0.15, -0.1) is 0 Å². The molecule has 0 aliphatic heterocycles. The maximum absolute atomic E-state index is 12.3. The molecule has 3 rings (SSSR count). The normalized spacial score (nSPS) is 10.5. The summed E-state index contributed by atoms with van der Waals surface area (Å²) in [7, 11) is 0. The molecule has 4 nitrogen and oxygen atoms in total. The summed E-state index contributed by atoms with van der Waals surface area (Å²) in [6.07, 6.45) is 0.264. The third-order valence-electron chi connectivity index (χ3n) is 3.82. The molecule has 1 heterocycles. The van der Waals surface area contributed by atoms with E-state index in [0.717, 1.165) is 33.8 Å². The highest BCUT2D eigenvalue weighted by Gasteiger charge is 2.10. The summed E-state index contributed by atoms with van der Waals surface area (Å²) in [5, 5.41) is 4.77. The number of amides is 1. The second-order valence-electron chi connectivity index (χ2n) is 5.50. The van der Waals surface area contributed by atoms with E-state index in [0.29, 0.717) is 6.54 Å². The summed E-state index contributed by atoms with van der Waals surface area (Å²) in [5.74, 6) is -0.101. The Morgan fingerprint density at radius 2 is 1.79 bits per heavy atom. The van der Waals surface area contributed by atoms with Crippen molar-refractivity contribution in [3.8, 4) is 11.1 Å². The molecule has 5 heteroatoms. The fraction of sp³-hybridized carbons (Fsp3) is 0.158. The van der Waals surface area contributed by atoms with Crippen LogP contribution in [0.1, 0.15) is 12.1 Å². The van der Waals surface area contributed by atoms with E-state index >= 15 is 0 Å². The van der Waals surface area contributed by atoms with Gasteiger partial charge in [-0.2, -0.15) is 0 Å². The zero-order valence-electron chi connectivity index (χ0n) is 13.4. The molecular formula is C19H18N2O2S. The van der Waals surface area contributed by atoms with Crippen LogP contribution in [0.25, 0.3) is 11.1 Å². The van der Waals surface area contributed by atoms with Crippen molar-refractivity contribution in [2.45, 2.75) is 19.9 Å². The minimum absolute atomic E-state index is 0.0232. The lowest BCUT2D eigenvalue weighted by atomic mass is 10.0. The van der Waals surface area contributed by atoms with E-state index in [1.54, 1.807) is 4.57 Å². The molecule has 0 bridgehead atoms. The van der Waals surface area contributed by atoms with E-state index in [1.165, 1.54) is 0 Å². The Bertz CT molecular complexity index is 897. The lowest BCUT2D eigenvalue weighted by molar-refractivity contribution is -0.116. The van der Waals surface area contributed by atoms with Crippen molar-refractivity contribution >= 4 is 22.9 Å². The predicted octanol–water partition coefficient (Wildman–Crippen LogP) is 3.91. The number of rotatable bonds is 5. The molecule has 0 fully saturated rings. The van der Waals surface area contributed by atoms with E-state index in [2.05, 4.69) is 5.32 Å². The molecule has 24 heavy (non-hydrogen) atoms. The highest BCUT2D eigenvalue weighted by molar-refractivity contribution is 7.07. The monoisotopic (exact) mass is 338 g/mol. The lowest BCUT2D eigenvalue weighted by Gasteiger charge is -2.11. The maximum atomic E-state index is 12.3. The summed E-state index contributed by atoms with van der Waals surface area (Å²) < 4.78 is 1.63. The Labute approximate surface area is 144 Å². The van der Waals surface area contributed by atoms with Crippen molar-refractivity contribution < 1.29 is 4.79 Å². The van der Waals surface area contributed by atoms with Gasteiger partial charge in [0.1, 0.15) is 0 Å². The van der Waals surface area contributed by atoms with Gasteiger partial charge in [0, 0.05) is 35.3 Å². The van der Waals surface area contributed by atoms with E-state index in [1.807, 2.05) is 66.9 Å². The highest BCUT2D eigenvalue weighted by Crippen LogP contribution is 2.27. The van der Waals surface area contributed by atoms with Crippen LogP contribution in [0.3, 0.4) is 0 Å². The first-order valence-electron chi connectivity index (χ1n) is 7.74. The van der Waals surface area contributed by atoms with Crippen molar-refractivity contribution in [3.05, 3.63) is 75.3 Å². The summed E-state index contributed by atoms with van der Waals surface area (Å²) in [6, 6.07) is 17.7. The Kier molecular flexibility index (Phi) is 4.91. The van der Waals surface area contributed by atoms with Crippen LogP contribution in [0.15, 0.2) is 64.8 Å². The van der Waals surface area contributed by atoms with Crippen LogP contribution in [-0.2, 0) is 11.3 Å². The van der Waals surface area contributed by atoms with E-state index in [-0.39, 0.29) is 17.2 Å². The van der Waals surface area contributed by atoms with Crippen LogP contribution < -0.4 is 10.2 Å². The number of anilines is 1. The summed E-state index contributed by atoms with van der Waals surface area (Å²) in [6.45, 7) is 2.27. The Hall–Kier alpha value is -2.66. The van der Waals surface area contributed by atoms with Gasteiger partial charge in [0.05, 0.1) is 0 Å². The molecule has 0 saturated heterocycles. The average molecular weight is 338 g/mol. The number of hydrogen-bond acceptors (Lipinski definition) is 3. The summed E-state index contributed by atoms with van der Waals surface area (Å²) in [5.41, 5.74) is 3.71. The Morgan fingerprint density at radius 3 is 2.50 bits per heavy atom. The number of benzene rings is 2. The quantitative estimate of drug-likeness (QED) is 0.767. The van der Waals surface area contributed by atoms with Crippen LogP contribution in [0.4, 0.5) is 5.69 Å². The molecule has 0 aliphatic rings. The van der Waals surface area contributed by atoms with Crippen molar-refractivity contribution in [2.24, 2.45) is 0 Å². The molecule has 1 amide bonds. The minimum atomic E-state index is -0.101. The number of nitrogens with zero attached hydrogens (tertiary/aromatic N) is 1. The first-order chi connectivity index (χ1) is 11.6. The molecule has 0 aliphatic carbocycles. The number of thiazole rings is 1. The predicted molar refractivity (Wildman–Crippen MR) is 98.4 cm³/mol. The van der Waals surface area contributed by atoms with Crippen LogP contribution in [-0.4, -0.2) is 10.5 Å². The SMILES string of the molecule is Cc1csc(=O)n1CCC(=O)Nc1ccccc1-c1ccccc1. The first-order valence-corrected chi connectivity index (χ1v) is 8.62. The standard InChI is InChI=1S/C19H18N2O2S/c1-14-13-24-19(23)21(14)12-11-18(22)20-17-10-6-5-9-16(17)15-7-3-2-4-8-15/h2-10,13H,11-12H2,1H3,(H,20,22). The molecule has 0 unspecified atom stereocenters. The van der Waals surface area contributed by atoms with E-state index in [9.17, 15) is 9.59 Å². The number of aryl methyl sites for hydroxylation is 1. The van der Waals surface area contributed by atoms with Crippen molar-refractivity contribution in [2.75, 3.05) is 5.32 Å². The molecule has 0 radical (unpaired) electrons. The van der Waals surface area contributed by atoms with Gasteiger partial charge in [0.15, 0.2) is 0 Å². The number of hydrogen-bond donors (Lipinski definition) is 1. The van der Waals surface area contributed by atoms with Crippen LogP contribution in [0.2, 0.25) is 0 Å². The second-order valence-corrected chi connectivity index (χ2v) is 6.33. The second kappa shape index (κ2) is 7.27. The highest BCUT2D eigenvalue weighted by atomic mass is 32.1. The topological polar surface area (TPSA) is 51.1 Å². The lowest BCUT2D eigenvalue weighted by Crippen LogP contribution is -2.20. The maximum Gasteiger partial charge on any atom is 0.307 e. The fourth-order valence-electron chi connectivity index (χ4n) is 2.56. The smallest absolute Gasteiger partial charge is 0.307 e. The van der Waals surface area contributed by atoms with E-state index in [4.69, 9.17) is 0 Å². The number of nitrogens with one attached hydrogen (secondary N) is 1. The Balaban J connectivity index is 1.72. The van der Waals surface area contributed by atoms with Gasteiger partial charge in [-0.25, -0.2) is 0 Å². The Morgan fingerprint density at radius 1 is 1.08 bits per heavy atom. The molecule has 0 saturated carbocycles. The number of aromatic nitrogens is 1.